The van der Waals surface area contributed by atoms with E-state index in [9.17, 15) is 0 Å². The van der Waals surface area contributed by atoms with Gasteiger partial charge < -0.3 is 0 Å². The van der Waals surface area contributed by atoms with E-state index in [1.54, 1.807) is 0 Å². The van der Waals surface area contributed by atoms with Crippen molar-refractivity contribution >= 4 is 0 Å². The first-order valence-corrected chi connectivity index (χ1v) is 6.88. The van der Waals surface area contributed by atoms with Crippen LogP contribution in [0.2, 0.25) is 0 Å². The summed E-state index contributed by atoms with van der Waals surface area (Å²) in [7, 11) is 0. The Morgan fingerprint density at radius 1 is 1.23 bits per heavy atom. The van der Waals surface area contributed by atoms with Crippen LogP contribution in [0, 0.1) is 0 Å². The normalized spacial score (nSPS) is 10.5. The van der Waals surface area contributed by atoms with Crippen LogP contribution in [0.5, 0.6) is 0 Å². The zero-order valence-corrected chi connectivity index (χ0v) is 9.21. The predicted octanol–water partition coefficient (Wildman–Crippen LogP) is -2.18. The molecule has 13 heavy (non-hydrogen) atoms. The van der Waals surface area contributed by atoms with Crippen molar-refractivity contribution < 1.29 is 21.5 Å². The van der Waals surface area contributed by atoms with Crippen molar-refractivity contribution in [1.29, 1.82) is 0 Å². The molecule has 0 saturated carbocycles. The molecule has 5 heteroatoms. The molecule has 0 atom stereocenters. The van der Waals surface area contributed by atoms with Gasteiger partial charge in [-0.3, -0.25) is 0 Å². The first kappa shape index (κ1) is 8.61. The van der Waals surface area contributed by atoms with Gasteiger partial charge in [-0.15, -0.1) is 0 Å². The number of halogens is 1. The zero-order chi connectivity index (χ0) is 9.10. The van der Waals surface area contributed by atoms with Gasteiger partial charge in [-0.05, 0) is 0 Å². The predicted molar refractivity (Wildman–Crippen MR) is 44.6 cm³/mol. The molecular formula is C8H8IN4-. The van der Waals surface area contributed by atoms with Crippen LogP contribution in [-0.2, 0) is 0 Å². The summed E-state index contributed by atoms with van der Waals surface area (Å²) < 4.78 is 1.88. The third kappa shape index (κ3) is 1.69. The van der Waals surface area contributed by atoms with Crippen molar-refractivity contribution in [3.63, 3.8) is 0 Å². The van der Waals surface area contributed by atoms with E-state index in [4.69, 9.17) is 0 Å². The van der Waals surface area contributed by atoms with Crippen molar-refractivity contribution in [1.82, 2.24) is 18.4 Å². The second-order valence-electron chi connectivity index (χ2n) is 2.40. The summed E-state index contributed by atoms with van der Waals surface area (Å²) in [6, 6.07) is 9.99. The summed E-state index contributed by atoms with van der Waals surface area (Å²) in [4.78, 5) is 2.13. The molecule has 2 aromatic rings. The summed E-state index contributed by atoms with van der Waals surface area (Å²) in [5, 5.41) is 11.6. The molecule has 0 aliphatic rings. The quantitative estimate of drug-likeness (QED) is 0.466. The number of rotatable bonds is 2. The van der Waals surface area contributed by atoms with Gasteiger partial charge in [0.1, 0.15) is 0 Å². The third-order valence-corrected chi connectivity index (χ3v) is 3.19. The summed E-state index contributed by atoms with van der Waals surface area (Å²) in [5.41, 5.74) is 1.08. The van der Waals surface area contributed by atoms with Crippen molar-refractivity contribution in [3.05, 3.63) is 30.3 Å². The van der Waals surface area contributed by atoms with Crippen molar-refractivity contribution in [2.24, 2.45) is 0 Å². The summed E-state index contributed by atoms with van der Waals surface area (Å²) >= 11 is -0.120. The number of aromatic nitrogens is 4. The topological polar surface area (TPSA) is 43.6 Å². The van der Waals surface area contributed by atoms with Crippen LogP contribution < -0.4 is 21.5 Å². The van der Waals surface area contributed by atoms with Gasteiger partial charge in [-0.2, -0.15) is 0 Å². The second kappa shape index (κ2) is 3.82. The fourth-order valence-corrected chi connectivity index (χ4v) is 2.15. The standard InChI is InChI=1S/C8H8IN4/c1-9-13-8(10-11-12-13)7-5-3-2-4-6-7/h2-6H,1H3/q-1. The summed E-state index contributed by atoms with van der Waals surface area (Å²) in [6.07, 6.45) is 0. The van der Waals surface area contributed by atoms with Gasteiger partial charge in [-0.1, -0.05) is 0 Å². The monoisotopic (exact) mass is 287 g/mol. The first-order valence-electron chi connectivity index (χ1n) is 3.75. The number of hydrogen-bond acceptors (Lipinski definition) is 3. The van der Waals surface area contributed by atoms with E-state index in [-0.39, 0.29) is 21.5 Å². The molecule has 4 nitrogen and oxygen atoms in total. The van der Waals surface area contributed by atoms with Crippen LogP contribution in [0.1, 0.15) is 0 Å². The van der Waals surface area contributed by atoms with Crippen LogP contribution in [0.4, 0.5) is 0 Å². The zero-order valence-electron chi connectivity index (χ0n) is 7.05. The summed E-state index contributed by atoms with van der Waals surface area (Å²) in [5.74, 6) is 0.871. The van der Waals surface area contributed by atoms with Crippen molar-refractivity contribution in [2.45, 2.75) is 0 Å². The molecule has 1 aromatic heterocycles. The fraction of sp³-hybridized carbons (Fsp3) is 0.125. The molecule has 0 aliphatic heterocycles. The minimum absolute atomic E-state index is 0.120. The molecule has 0 fully saturated rings. The Morgan fingerprint density at radius 2 is 2.00 bits per heavy atom. The number of alkyl halides is 1. The van der Waals surface area contributed by atoms with E-state index >= 15 is 0 Å². The maximum absolute atomic E-state index is 3.99. The average molecular weight is 287 g/mol. The molecule has 0 spiro atoms. The van der Waals surface area contributed by atoms with Gasteiger partial charge in [0.05, 0.1) is 0 Å². The van der Waals surface area contributed by atoms with E-state index in [2.05, 4.69) is 20.5 Å². The Labute approximate surface area is 86.6 Å². The molecule has 0 amide bonds. The number of nitrogens with zero attached hydrogens (tertiary/aromatic N) is 4. The second-order valence-corrected chi connectivity index (χ2v) is 4.28. The van der Waals surface area contributed by atoms with Crippen molar-refractivity contribution in [3.8, 4) is 11.4 Å². The Kier molecular flexibility index (Phi) is 2.53. The molecule has 0 saturated heterocycles. The van der Waals surface area contributed by atoms with E-state index < -0.39 is 0 Å². The number of benzene rings is 1. The molecule has 1 heterocycles. The summed E-state index contributed by atoms with van der Waals surface area (Å²) in [6.45, 7) is 0. The molecule has 0 radical (unpaired) electrons. The van der Waals surface area contributed by atoms with Gasteiger partial charge in [0, 0.05) is 0 Å². The van der Waals surface area contributed by atoms with E-state index in [0.717, 1.165) is 11.4 Å². The van der Waals surface area contributed by atoms with Gasteiger partial charge in [0.25, 0.3) is 0 Å². The van der Waals surface area contributed by atoms with E-state index in [1.165, 1.54) is 0 Å². The molecule has 0 aliphatic carbocycles. The van der Waals surface area contributed by atoms with Gasteiger partial charge in [-0.25, -0.2) is 0 Å². The first-order chi connectivity index (χ1) is 6.42. The van der Waals surface area contributed by atoms with Gasteiger partial charge >= 0.3 is 86.5 Å². The fourth-order valence-electron chi connectivity index (χ4n) is 1.04. The van der Waals surface area contributed by atoms with Gasteiger partial charge in [0.2, 0.25) is 0 Å². The van der Waals surface area contributed by atoms with Crippen LogP contribution in [-0.4, -0.2) is 23.4 Å². The van der Waals surface area contributed by atoms with E-state index in [1.807, 2.05) is 33.2 Å². The molecule has 1 aromatic carbocycles. The van der Waals surface area contributed by atoms with Crippen LogP contribution in [0.15, 0.2) is 30.3 Å². The molecule has 0 N–H and O–H groups in total. The van der Waals surface area contributed by atoms with Crippen LogP contribution in [0.3, 0.4) is 0 Å². The van der Waals surface area contributed by atoms with Crippen molar-refractivity contribution in [2.75, 3.05) is 4.93 Å². The molecule has 2 rings (SSSR count). The average Bonchev–Trinajstić information content (AvgIpc) is 2.67. The SMILES string of the molecule is C[I-]n1nnnc1-c1ccccc1. The Hall–Kier alpha value is -0.980. The number of hydrogen-bond donors (Lipinski definition) is 0. The van der Waals surface area contributed by atoms with Crippen LogP contribution >= 0.6 is 0 Å². The Balaban J connectivity index is 2.47. The maximum atomic E-state index is 3.99. The van der Waals surface area contributed by atoms with Gasteiger partial charge in [0.15, 0.2) is 0 Å². The molecule has 0 unspecified atom stereocenters. The minimum atomic E-state index is -0.120. The van der Waals surface area contributed by atoms with E-state index in [0.29, 0.717) is 0 Å². The molecule has 68 valence electrons. The molecular weight excluding hydrogens is 279 g/mol. The third-order valence-electron chi connectivity index (χ3n) is 1.62. The number of tetrazole rings is 1. The molecule has 0 bridgehead atoms. The Bertz CT molecular complexity index is 384. The Morgan fingerprint density at radius 3 is 2.69 bits per heavy atom. The van der Waals surface area contributed by atoms with Crippen LogP contribution in [0.25, 0.3) is 11.4 Å².